The maximum Gasteiger partial charge on any atom is 0.227 e. The molecule has 1 aliphatic heterocycles. The van der Waals surface area contributed by atoms with E-state index in [9.17, 15) is 9.59 Å². The second-order valence-corrected chi connectivity index (χ2v) is 9.48. The number of nitrogens with zero attached hydrogens (tertiary/aromatic N) is 2. The molecule has 31 heavy (non-hydrogen) atoms. The predicted octanol–water partition coefficient (Wildman–Crippen LogP) is 5.31. The number of fused-ring (bicyclic) bond motifs is 1. The number of carbonyl (C=O) groups excluding carboxylic acids is 2. The van der Waals surface area contributed by atoms with Crippen molar-refractivity contribution in [1.29, 1.82) is 0 Å². The molecule has 1 N–H and O–H groups in total. The third-order valence-electron chi connectivity index (χ3n) is 6.20. The smallest absolute Gasteiger partial charge is 0.227 e. The van der Waals surface area contributed by atoms with E-state index in [1.54, 1.807) is 0 Å². The quantitative estimate of drug-likeness (QED) is 0.736. The largest absolute Gasteiger partial charge is 0.378 e. The van der Waals surface area contributed by atoms with Crippen LogP contribution in [0.25, 0.3) is 0 Å². The zero-order valence-electron chi connectivity index (χ0n) is 19.0. The van der Waals surface area contributed by atoms with Gasteiger partial charge in [-0.05, 0) is 41.7 Å². The van der Waals surface area contributed by atoms with Gasteiger partial charge in [-0.1, -0.05) is 45.0 Å². The monoisotopic (exact) mass is 417 g/mol. The van der Waals surface area contributed by atoms with Crippen molar-refractivity contribution in [2.45, 2.75) is 46.1 Å². The van der Waals surface area contributed by atoms with Gasteiger partial charge in [-0.3, -0.25) is 14.5 Å². The van der Waals surface area contributed by atoms with Crippen LogP contribution in [0.2, 0.25) is 0 Å². The summed E-state index contributed by atoms with van der Waals surface area (Å²) in [6, 6.07) is 15.6. The van der Waals surface area contributed by atoms with Crippen molar-refractivity contribution in [2.24, 2.45) is 5.41 Å². The van der Waals surface area contributed by atoms with E-state index in [-0.39, 0.29) is 17.1 Å². The maximum atomic E-state index is 13.5. The molecule has 1 unspecified atom stereocenters. The number of hydrogen-bond donors (Lipinski definition) is 1. The number of nitrogens with one attached hydrogen (secondary N) is 1. The van der Waals surface area contributed by atoms with E-state index in [1.165, 1.54) is 0 Å². The number of para-hydroxylation sites is 2. The Bertz CT molecular complexity index is 1050. The molecule has 0 saturated carbocycles. The van der Waals surface area contributed by atoms with Crippen molar-refractivity contribution in [2.75, 3.05) is 29.2 Å². The highest BCUT2D eigenvalue weighted by molar-refractivity contribution is 6.06. The lowest BCUT2D eigenvalue weighted by atomic mass is 9.73. The molecular weight excluding hydrogens is 386 g/mol. The lowest BCUT2D eigenvalue weighted by molar-refractivity contribution is -0.119. The van der Waals surface area contributed by atoms with Crippen molar-refractivity contribution in [3.05, 3.63) is 65.4 Å². The second-order valence-electron chi connectivity index (χ2n) is 9.48. The molecule has 5 nitrogen and oxygen atoms in total. The van der Waals surface area contributed by atoms with Gasteiger partial charge in [-0.25, -0.2) is 0 Å². The van der Waals surface area contributed by atoms with E-state index >= 15 is 0 Å². The molecule has 0 radical (unpaired) electrons. The van der Waals surface area contributed by atoms with E-state index < -0.39 is 6.04 Å². The van der Waals surface area contributed by atoms with Crippen molar-refractivity contribution in [1.82, 2.24) is 0 Å². The van der Waals surface area contributed by atoms with E-state index in [0.29, 0.717) is 12.8 Å². The SMILES string of the molecule is CCC(=O)N1c2ccccc2NC2=C(C(=O)CC(C)(C)C2)C1c1ccc(N(C)C)cc1. The van der Waals surface area contributed by atoms with Gasteiger partial charge in [0.1, 0.15) is 0 Å². The van der Waals surface area contributed by atoms with Crippen LogP contribution in [0.3, 0.4) is 0 Å². The van der Waals surface area contributed by atoms with Crippen LogP contribution < -0.4 is 15.1 Å². The molecule has 1 aliphatic carbocycles. The van der Waals surface area contributed by atoms with E-state index in [2.05, 4.69) is 19.2 Å². The minimum Gasteiger partial charge on any atom is -0.378 e. The van der Waals surface area contributed by atoms with Gasteiger partial charge in [0.2, 0.25) is 5.91 Å². The molecule has 0 aromatic heterocycles. The van der Waals surface area contributed by atoms with Gasteiger partial charge in [0.15, 0.2) is 5.78 Å². The molecule has 2 aromatic carbocycles. The first-order chi connectivity index (χ1) is 14.7. The minimum absolute atomic E-state index is 0.00215. The Labute approximate surface area is 184 Å². The van der Waals surface area contributed by atoms with E-state index in [0.717, 1.165) is 40.3 Å². The first-order valence-electron chi connectivity index (χ1n) is 10.9. The predicted molar refractivity (Wildman–Crippen MR) is 126 cm³/mol. The molecule has 1 amide bonds. The molecule has 0 bridgehead atoms. The first-order valence-corrected chi connectivity index (χ1v) is 10.9. The number of benzene rings is 2. The van der Waals surface area contributed by atoms with Gasteiger partial charge in [0.25, 0.3) is 0 Å². The normalized spacial score (nSPS) is 19.8. The van der Waals surface area contributed by atoms with Gasteiger partial charge in [0.05, 0.1) is 17.4 Å². The number of allylic oxidation sites excluding steroid dienone is 1. The van der Waals surface area contributed by atoms with E-state index in [4.69, 9.17) is 0 Å². The first kappa shape index (κ1) is 21.2. The van der Waals surface area contributed by atoms with Crippen LogP contribution in [0, 0.1) is 5.41 Å². The van der Waals surface area contributed by atoms with Gasteiger partial charge in [0, 0.05) is 43.9 Å². The van der Waals surface area contributed by atoms with Crippen molar-refractivity contribution < 1.29 is 9.59 Å². The van der Waals surface area contributed by atoms with Gasteiger partial charge in [-0.2, -0.15) is 0 Å². The number of amides is 1. The Morgan fingerprint density at radius 3 is 2.42 bits per heavy atom. The molecule has 0 fully saturated rings. The Hall–Kier alpha value is -3.08. The Kier molecular flexibility index (Phi) is 5.38. The van der Waals surface area contributed by atoms with Gasteiger partial charge in [-0.15, -0.1) is 0 Å². The van der Waals surface area contributed by atoms with Crippen molar-refractivity contribution in [3.8, 4) is 0 Å². The fourth-order valence-corrected chi connectivity index (χ4v) is 4.70. The average molecular weight is 418 g/mol. The van der Waals surface area contributed by atoms with Crippen LogP contribution in [0.4, 0.5) is 17.1 Å². The summed E-state index contributed by atoms with van der Waals surface area (Å²) in [6.45, 7) is 6.13. The summed E-state index contributed by atoms with van der Waals surface area (Å²) in [5.74, 6) is 0.115. The second kappa shape index (κ2) is 7.88. The Balaban J connectivity index is 1.97. The highest BCUT2D eigenvalue weighted by Gasteiger charge is 2.42. The number of anilines is 3. The standard InChI is InChI=1S/C26H31N3O2/c1-6-23(31)29-21-10-8-7-9-19(21)27-20-15-26(2,3)16-22(30)24(20)25(29)17-11-13-18(14-12-17)28(4)5/h7-14,25,27H,6,15-16H2,1-5H3. The lowest BCUT2D eigenvalue weighted by Gasteiger charge is -2.37. The highest BCUT2D eigenvalue weighted by atomic mass is 16.2. The molecule has 4 rings (SSSR count). The van der Waals surface area contributed by atoms with Crippen molar-refractivity contribution >= 4 is 28.8 Å². The summed E-state index contributed by atoms with van der Waals surface area (Å²) in [5, 5.41) is 3.54. The topological polar surface area (TPSA) is 52.7 Å². The summed E-state index contributed by atoms with van der Waals surface area (Å²) >= 11 is 0. The zero-order chi connectivity index (χ0) is 22.3. The van der Waals surface area contributed by atoms with Crippen LogP contribution in [-0.2, 0) is 9.59 Å². The molecule has 1 atom stereocenters. The molecule has 162 valence electrons. The molecule has 0 saturated heterocycles. The maximum absolute atomic E-state index is 13.5. The number of hydrogen-bond acceptors (Lipinski definition) is 4. The average Bonchev–Trinajstić information content (AvgIpc) is 2.86. The molecule has 1 heterocycles. The van der Waals surface area contributed by atoms with Crippen LogP contribution in [0.1, 0.15) is 51.6 Å². The zero-order valence-corrected chi connectivity index (χ0v) is 19.0. The fraction of sp³-hybridized carbons (Fsp3) is 0.385. The summed E-state index contributed by atoms with van der Waals surface area (Å²) in [6.07, 6.45) is 1.61. The van der Waals surface area contributed by atoms with Crippen LogP contribution in [0.15, 0.2) is 59.8 Å². The van der Waals surface area contributed by atoms with Crippen LogP contribution in [-0.4, -0.2) is 25.8 Å². The minimum atomic E-state index is -0.446. The molecular formula is C26H31N3O2. The number of ketones is 1. The number of Topliss-reactive ketones (excluding diaryl/α,β-unsaturated/α-hetero) is 1. The molecule has 5 heteroatoms. The Morgan fingerprint density at radius 1 is 1.10 bits per heavy atom. The number of rotatable bonds is 3. The van der Waals surface area contributed by atoms with Crippen LogP contribution in [0.5, 0.6) is 0 Å². The van der Waals surface area contributed by atoms with Gasteiger partial charge >= 0.3 is 0 Å². The van der Waals surface area contributed by atoms with Crippen LogP contribution >= 0.6 is 0 Å². The molecule has 2 aliphatic rings. The number of carbonyl (C=O) groups is 2. The lowest BCUT2D eigenvalue weighted by Crippen LogP contribution is -2.39. The van der Waals surface area contributed by atoms with Gasteiger partial charge < -0.3 is 10.2 Å². The third-order valence-corrected chi connectivity index (χ3v) is 6.20. The van der Waals surface area contributed by atoms with E-state index in [1.807, 2.05) is 79.3 Å². The summed E-state index contributed by atoms with van der Waals surface area (Å²) < 4.78 is 0. The Morgan fingerprint density at radius 2 is 1.77 bits per heavy atom. The summed E-state index contributed by atoms with van der Waals surface area (Å²) in [5.41, 5.74) is 5.24. The highest BCUT2D eigenvalue weighted by Crippen LogP contribution is 2.48. The molecule has 2 aromatic rings. The summed E-state index contributed by atoms with van der Waals surface area (Å²) in [4.78, 5) is 30.7. The fourth-order valence-electron chi connectivity index (χ4n) is 4.70. The summed E-state index contributed by atoms with van der Waals surface area (Å²) in [7, 11) is 4.00. The molecule has 0 spiro atoms. The van der Waals surface area contributed by atoms with Crippen molar-refractivity contribution in [3.63, 3.8) is 0 Å². The third kappa shape index (κ3) is 3.85.